The number of aryl methyl sites for hydroxylation is 2. The van der Waals surface area contributed by atoms with Crippen molar-refractivity contribution in [1.82, 2.24) is 24.2 Å². The van der Waals surface area contributed by atoms with Crippen molar-refractivity contribution in [2.45, 2.75) is 0 Å². The molecule has 1 saturated heterocycles. The molecule has 3 heterocycles. The van der Waals surface area contributed by atoms with Gasteiger partial charge in [-0.2, -0.15) is 5.10 Å². The molecule has 0 saturated carbocycles. The topological polar surface area (TPSA) is 85.5 Å². The Balaban J connectivity index is 1.31. The number of rotatable bonds is 3. The number of ether oxygens (including phenoxy) is 1. The molecular formula is C23H24N6O3. The number of piperazine rings is 1. The van der Waals surface area contributed by atoms with Gasteiger partial charge in [-0.15, -0.1) is 0 Å². The highest BCUT2D eigenvalue weighted by molar-refractivity contribution is 5.99. The molecule has 0 radical (unpaired) electrons. The van der Waals surface area contributed by atoms with Crippen LogP contribution in [0.25, 0.3) is 21.8 Å². The Morgan fingerprint density at radius 3 is 2.47 bits per heavy atom. The van der Waals surface area contributed by atoms with Crippen LogP contribution in [0.4, 0.5) is 5.69 Å². The van der Waals surface area contributed by atoms with E-state index in [2.05, 4.69) is 15.0 Å². The first-order chi connectivity index (χ1) is 15.5. The maximum Gasteiger partial charge on any atom is 0.260 e. The fraction of sp³-hybridized carbons (Fsp3) is 0.304. The number of carbonyl (C=O) groups is 1. The molecule has 0 spiro atoms. The molecule has 0 atom stereocenters. The number of hydrogen-bond donors (Lipinski definition) is 0. The molecule has 164 valence electrons. The summed E-state index contributed by atoms with van der Waals surface area (Å²) in [5.74, 6) is 0.676. The zero-order valence-electron chi connectivity index (χ0n) is 18.3. The number of amides is 1. The molecular weight excluding hydrogens is 408 g/mol. The molecule has 1 aliphatic rings. The number of methoxy groups -OCH3 is 1. The number of fused-ring (bicyclic) bond motifs is 2. The van der Waals surface area contributed by atoms with Gasteiger partial charge in [0.15, 0.2) is 0 Å². The highest BCUT2D eigenvalue weighted by atomic mass is 16.5. The van der Waals surface area contributed by atoms with Gasteiger partial charge >= 0.3 is 0 Å². The second kappa shape index (κ2) is 7.67. The lowest BCUT2D eigenvalue weighted by Gasteiger charge is -2.36. The van der Waals surface area contributed by atoms with E-state index >= 15 is 0 Å². The quantitative estimate of drug-likeness (QED) is 0.491. The number of benzene rings is 2. The summed E-state index contributed by atoms with van der Waals surface area (Å²) in [6, 6.07) is 11.3. The summed E-state index contributed by atoms with van der Waals surface area (Å²) in [6.07, 6.45) is 1.54. The molecule has 5 rings (SSSR count). The number of nitrogens with zero attached hydrogens (tertiary/aromatic N) is 6. The normalized spacial score (nSPS) is 14.3. The van der Waals surface area contributed by atoms with Gasteiger partial charge in [0.2, 0.25) is 5.88 Å². The zero-order valence-corrected chi connectivity index (χ0v) is 18.3. The second-order valence-corrected chi connectivity index (χ2v) is 8.01. The Kier molecular flexibility index (Phi) is 4.80. The van der Waals surface area contributed by atoms with E-state index < -0.39 is 0 Å². The van der Waals surface area contributed by atoms with Crippen molar-refractivity contribution >= 4 is 33.4 Å². The standard InChI is InChI=1S/C23H24N6O3/c1-26-14-24-19-13-16(5-7-17(19)22(26)31)28-8-10-29(11-9-28)21(30)15-4-6-18-20(12-15)25-27(2)23(18)32-3/h4-7,12-14H,8-11H2,1-3H3. The van der Waals surface area contributed by atoms with Crippen molar-refractivity contribution in [3.05, 3.63) is 58.6 Å². The Morgan fingerprint density at radius 2 is 1.72 bits per heavy atom. The van der Waals surface area contributed by atoms with Crippen molar-refractivity contribution < 1.29 is 9.53 Å². The Labute approximate surface area is 184 Å². The minimum absolute atomic E-state index is 0.000144. The summed E-state index contributed by atoms with van der Waals surface area (Å²) >= 11 is 0. The van der Waals surface area contributed by atoms with E-state index in [9.17, 15) is 9.59 Å². The molecule has 0 bridgehead atoms. The molecule has 4 aromatic rings. The van der Waals surface area contributed by atoms with Gasteiger partial charge in [0, 0.05) is 51.5 Å². The number of anilines is 1. The molecule has 1 aliphatic heterocycles. The maximum atomic E-state index is 13.1. The molecule has 1 amide bonds. The molecule has 0 aliphatic carbocycles. The Morgan fingerprint density at radius 1 is 0.969 bits per heavy atom. The van der Waals surface area contributed by atoms with Crippen molar-refractivity contribution in [2.24, 2.45) is 14.1 Å². The average Bonchev–Trinajstić information content (AvgIpc) is 3.15. The summed E-state index contributed by atoms with van der Waals surface area (Å²) in [6.45, 7) is 2.65. The molecule has 9 nitrogen and oxygen atoms in total. The average molecular weight is 432 g/mol. The lowest BCUT2D eigenvalue weighted by atomic mass is 10.1. The van der Waals surface area contributed by atoms with Crippen LogP contribution in [0.2, 0.25) is 0 Å². The van der Waals surface area contributed by atoms with Crippen LogP contribution < -0.4 is 15.2 Å². The molecule has 9 heteroatoms. The van der Waals surface area contributed by atoms with E-state index in [0.29, 0.717) is 48.5 Å². The smallest absolute Gasteiger partial charge is 0.260 e. The van der Waals surface area contributed by atoms with E-state index in [1.54, 1.807) is 25.2 Å². The summed E-state index contributed by atoms with van der Waals surface area (Å²) in [4.78, 5) is 33.8. The Hall–Kier alpha value is -3.88. The maximum absolute atomic E-state index is 13.1. The molecule has 32 heavy (non-hydrogen) atoms. The van der Waals surface area contributed by atoms with E-state index in [-0.39, 0.29) is 11.5 Å². The third-order valence-electron chi connectivity index (χ3n) is 6.05. The molecule has 2 aromatic heterocycles. The van der Waals surface area contributed by atoms with E-state index in [1.165, 1.54) is 4.57 Å². The van der Waals surface area contributed by atoms with Gasteiger partial charge < -0.3 is 19.1 Å². The van der Waals surface area contributed by atoms with Crippen LogP contribution in [0.3, 0.4) is 0 Å². The van der Waals surface area contributed by atoms with Crippen molar-refractivity contribution in [1.29, 1.82) is 0 Å². The van der Waals surface area contributed by atoms with Crippen molar-refractivity contribution in [3.8, 4) is 5.88 Å². The minimum Gasteiger partial charge on any atom is -0.481 e. The first-order valence-corrected chi connectivity index (χ1v) is 10.5. The number of hydrogen-bond acceptors (Lipinski definition) is 6. The summed E-state index contributed by atoms with van der Waals surface area (Å²) in [5, 5.41) is 5.93. The fourth-order valence-electron chi connectivity index (χ4n) is 4.30. The van der Waals surface area contributed by atoms with Crippen LogP contribution in [0.15, 0.2) is 47.5 Å². The summed E-state index contributed by atoms with van der Waals surface area (Å²) in [7, 11) is 5.13. The second-order valence-electron chi connectivity index (χ2n) is 8.01. The number of aromatic nitrogens is 4. The lowest BCUT2D eigenvalue weighted by Crippen LogP contribution is -2.48. The van der Waals surface area contributed by atoms with Gasteiger partial charge in [0.05, 0.1) is 35.2 Å². The molecule has 1 fully saturated rings. The summed E-state index contributed by atoms with van der Waals surface area (Å²) in [5.41, 5.74) is 3.00. The van der Waals surface area contributed by atoms with Gasteiger partial charge in [0.1, 0.15) is 0 Å². The minimum atomic E-state index is -0.0561. The van der Waals surface area contributed by atoms with Crippen LogP contribution in [0.5, 0.6) is 5.88 Å². The van der Waals surface area contributed by atoms with E-state index in [4.69, 9.17) is 4.74 Å². The summed E-state index contributed by atoms with van der Waals surface area (Å²) < 4.78 is 8.53. The largest absolute Gasteiger partial charge is 0.481 e. The molecule has 2 aromatic carbocycles. The monoisotopic (exact) mass is 432 g/mol. The third-order valence-corrected chi connectivity index (χ3v) is 6.05. The Bertz CT molecular complexity index is 1400. The SMILES string of the molecule is COc1c2ccc(C(=O)N3CCN(c4ccc5c(=O)n(C)cnc5c4)CC3)cc2nn1C. The predicted octanol–water partition coefficient (Wildman–Crippen LogP) is 1.79. The zero-order chi connectivity index (χ0) is 22.4. The van der Waals surface area contributed by atoms with Gasteiger partial charge in [-0.1, -0.05) is 0 Å². The van der Waals surface area contributed by atoms with E-state index in [1.807, 2.05) is 48.3 Å². The predicted molar refractivity (Wildman–Crippen MR) is 122 cm³/mol. The van der Waals surface area contributed by atoms with Crippen LogP contribution in [0.1, 0.15) is 10.4 Å². The lowest BCUT2D eigenvalue weighted by molar-refractivity contribution is 0.0747. The highest BCUT2D eigenvalue weighted by Gasteiger charge is 2.23. The number of carbonyl (C=O) groups excluding carboxylic acids is 1. The van der Waals surface area contributed by atoms with Gasteiger partial charge in [0.25, 0.3) is 11.5 Å². The van der Waals surface area contributed by atoms with Gasteiger partial charge in [-0.3, -0.25) is 9.59 Å². The van der Waals surface area contributed by atoms with Crippen molar-refractivity contribution in [3.63, 3.8) is 0 Å². The van der Waals surface area contributed by atoms with Gasteiger partial charge in [-0.05, 0) is 36.4 Å². The first-order valence-electron chi connectivity index (χ1n) is 10.5. The fourth-order valence-corrected chi connectivity index (χ4v) is 4.30. The van der Waals surface area contributed by atoms with Crippen LogP contribution in [-0.2, 0) is 14.1 Å². The van der Waals surface area contributed by atoms with Crippen molar-refractivity contribution in [2.75, 3.05) is 38.2 Å². The molecule has 0 N–H and O–H groups in total. The highest BCUT2D eigenvalue weighted by Crippen LogP contribution is 2.26. The molecule has 0 unspecified atom stereocenters. The van der Waals surface area contributed by atoms with Crippen LogP contribution >= 0.6 is 0 Å². The van der Waals surface area contributed by atoms with E-state index in [0.717, 1.165) is 16.6 Å². The van der Waals surface area contributed by atoms with Crippen LogP contribution in [0, 0.1) is 0 Å². The first kappa shape index (κ1) is 20.0. The van der Waals surface area contributed by atoms with Gasteiger partial charge in [-0.25, -0.2) is 9.67 Å². The third kappa shape index (κ3) is 3.26. The van der Waals surface area contributed by atoms with Crippen LogP contribution in [-0.4, -0.2) is 63.4 Å².